The van der Waals surface area contributed by atoms with Gasteiger partial charge in [-0.05, 0) is 11.8 Å². The first kappa shape index (κ1) is 17.7. The van der Waals surface area contributed by atoms with E-state index in [0.717, 1.165) is 0 Å². The molecule has 2 aromatic rings. The number of fused-ring (bicyclic) bond motifs is 1. The van der Waals surface area contributed by atoms with Gasteiger partial charge in [-0.3, -0.25) is 0 Å². The summed E-state index contributed by atoms with van der Waals surface area (Å²) < 4.78 is 0. The molecule has 1 heteroatoms. The van der Waals surface area contributed by atoms with Gasteiger partial charge in [-0.15, -0.1) is 28.5 Å². The molecule has 0 N–H and O–H groups in total. The van der Waals surface area contributed by atoms with Gasteiger partial charge >= 0.3 is 26.2 Å². The van der Waals surface area contributed by atoms with E-state index in [2.05, 4.69) is 58.9 Å². The van der Waals surface area contributed by atoms with Crippen molar-refractivity contribution in [3.8, 4) is 0 Å². The number of hydrogen-bond donors (Lipinski definition) is 0. The molecule has 0 aliphatic rings. The van der Waals surface area contributed by atoms with E-state index in [-0.39, 0.29) is 33.6 Å². The summed E-state index contributed by atoms with van der Waals surface area (Å²) in [6.45, 7) is 11.3. The Balaban J connectivity index is 0.00000144. The van der Waals surface area contributed by atoms with Crippen molar-refractivity contribution in [2.24, 2.45) is 0 Å². The number of benzene rings is 1. The molecule has 0 saturated carbocycles. The molecule has 0 aliphatic heterocycles. The average Bonchev–Trinajstić information content (AvgIpc) is 2.55. The Morgan fingerprint density at radius 1 is 0.944 bits per heavy atom. The minimum atomic E-state index is 0. The molecule has 0 fully saturated rings. The van der Waals surface area contributed by atoms with E-state index in [4.69, 9.17) is 0 Å². The van der Waals surface area contributed by atoms with E-state index >= 15 is 0 Å². The number of hydrogen-bond acceptors (Lipinski definition) is 0. The largest absolute Gasteiger partial charge is 2.00 e. The maximum absolute atomic E-state index is 2.39. The molecule has 0 nitrogen and oxygen atoms in total. The van der Waals surface area contributed by atoms with Crippen LogP contribution in [0, 0.1) is 14.4 Å². The summed E-state index contributed by atoms with van der Waals surface area (Å²) in [5, 5.41) is 2.85. The maximum atomic E-state index is 2.39. The van der Waals surface area contributed by atoms with Crippen LogP contribution in [0.5, 0.6) is 0 Å². The van der Waals surface area contributed by atoms with Crippen LogP contribution in [0.25, 0.3) is 10.8 Å². The zero-order valence-corrected chi connectivity index (χ0v) is 14.9. The summed E-state index contributed by atoms with van der Waals surface area (Å²) in [7, 11) is 0. The van der Waals surface area contributed by atoms with Crippen LogP contribution in [-0.4, -0.2) is 0 Å². The molecule has 0 amide bonds. The number of aryl methyl sites for hydroxylation is 1. The molecule has 18 heavy (non-hydrogen) atoms. The molecular formula is C17H24Zr. The fourth-order valence-corrected chi connectivity index (χ4v) is 2.33. The van der Waals surface area contributed by atoms with Crippen LogP contribution < -0.4 is 0 Å². The van der Waals surface area contributed by atoms with Crippen molar-refractivity contribution in [1.29, 1.82) is 0 Å². The maximum Gasteiger partial charge on any atom is 2.00 e. The molecule has 0 bridgehead atoms. The Kier molecular flexibility index (Phi) is 6.65. The second kappa shape index (κ2) is 6.76. The van der Waals surface area contributed by atoms with Gasteiger partial charge in [0.1, 0.15) is 0 Å². The molecule has 0 spiro atoms. The fraction of sp³-hybridized carbons (Fsp3) is 0.412. The second-order valence-corrected chi connectivity index (χ2v) is 5.46. The van der Waals surface area contributed by atoms with Gasteiger partial charge in [0.25, 0.3) is 0 Å². The molecule has 96 valence electrons. The molecule has 0 atom stereocenters. The molecule has 0 heterocycles. The van der Waals surface area contributed by atoms with Gasteiger partial charge in [0.15, 0.2) is 0 Å². The predicted molar refractivity (Wildman–Crippen MR) is 78.9 cm³/mol. The third-order valence-corrected chi connectivity index (χ3v) is 3.31. The van der Waals surface area contributed by atoms with Crippen molar-refractivity contribution < 1.29 is 26.2 Å². The Morgan fingerprint density at radius 2 is 1.56 bits per heavy atom. The summed E-state index contributed by atoms with van der Waals surface area (Å²) >= 11 is 0. The molecule has 0 aromatic heterocycles. The van der Waals surface area contributed by atoms with Gasteiger partial charge in [0, 0.05) is 0 Å². The second-order valence-electron chi connectivity index (χ2n) is 5.46. The number of rotatable bonds is 2. The smallest absolute Gasteiger partial charge is 0.358 e. The van der Waals surface area contributed by atoms with Crippen LogP contribution in [0.3, 0.4) is 0 Å². The van der Waals surface area contributed by atoms with Gasteiger partial charge in [0.2, 0.25) is 0 Å². The molecular weight excluding hydrogens is 295 g/mol. The topological polar surface area (TPSA) is 0 Å². The van der Waals surface area contributed by atoms with Crippen molar-refractivity contribution in [2.45, 2.75) is 46.5 Å². The van der Waals surface area contributed by atoms with E-state index in [1.54, 1.807) is 0 Å². The monoisotopic (exact) mass is 318 g/mol. The summed E-state index contributed by atoms with van der Waals surface area (Å²) in [4.78, 5) is 0. The van der Waals surface area contributed by atoms with Gasteiger partial charge in [-0.2, -0.15) is 6.07 Å². The summed E-state index contributed by atoms with van der Waals surface area (Å²) in [5.41, 5.74) is 4.33. The van der Waals surface area contributed by atoms with Crippen LogP contribution in [0.4, 0.5) is 0 Å². The first-order chi connectivity index (χ1) is 7.49. The van der Waals surface area contributed by atoms with Crippen molar-refractivity contribution in [3.63, 3.8) is 0 Å². The molecule has 2 rings (SSSR count). The summed E-state index contributed by atoms with van der Waals surface area (Å²) in [6.07, 6.45) is 0. The van der Waals surface area contributed by atoms with Crippen molar-refractivity contribution in [3.05, 3.63) is 48.4 Å². The molecule has 2 aromatic carbocycles. The molecule has 0 saturated heterocycles. The Bertz CT molecular complexity index is 504. The summed E-state index contributed by atoms with van der Waals surface area (Å²) in [6, 6.07) is 9.35. The third kappa shape index (κ3) is 3.38. The molecule has 0 radical (unpaired) electrons. The quantitative estimate of drug-likeness (QED) is 0.636. The standard InChI is InChI=1S/C16H21.CH3.Zr/c1-10(2)13-8-14-6-12(5)7-16(14)15(9-13)11(3)4;;/h6-11H,1-5H3;1H3;/q2*-1;+2. The zero-order chi connectivity index (χ0) is 11.9. The normalized spacial score (nSPS) is 10.6. The third-order valence-electron chi connectivity index (χ3n) is 3.31. The van der Waals surface area contributed by atoms with Gasteiger partial charge in [-0.25, -0.2) is 0 Å². The van der Waals surface area contributed by atoms with E-state index in [1.807, 2.05) is 0 Å². The first-order valence-electron chi connectivity index (χ1n) is 6.20. The van der Waals surface area contributed by atoms with E-state index in [0.29, 0.717) is 11.8 Å². The predicted octanol–water partition coefficient (Wildman–Crippen LogP) is 5.56. The summed E-state index contributed by atoms with van der Waals surface area (Å²) in [5.74, 6) is 1.21. The van der Waals surface area contributed by atoms with Crippen LogP contribution in [0.15, 0.2) is 24.3 Å². The Morgan fingerprint density at radius 3 is 2.06 bits per heavy atom. The van der Waals surface area contributed by atoms with Crippen molar-refractivity contribution in [1.82, 2.24) is 0 Å². The zero-order valence-electron chi connectivity index (χ0n) is 12.5. The molecule has 0 aliphatic carbocycles. The van der Waals surface area contributed by atoms with E-state index < -0.39 is 0 Å². The van der Waals surface area contributed by atoms with Crippen molar-refractivity contribution in [2.75, 3.05) is 0 Å². The van der Waals surface area contributed by atoms with Crippen LogP contribution in [0.2, 0.25) is 0 Å². The van der Waals surface area contributed by atoms with Gasteiger partial charge in [0.05, 0.1) is 0 Å². The van der Waals surface area contributed by atoms with Crippen LogP contribution in [0.1, 0.15) is 56.2 Å². The average molecular weight is 320 g/mol. The fourth-order valence-electron chi connectivity index (χ4n) is 2.33. The minimum Gasteiger partial charge on any atom is -0.358 e. The van der Waals surface area contributed by atoms with Crippen LogP contribution in [-0.2, 0) is 26.2 Å². The van der Waals surface area contributed by atoms with Crippen LogP contribution >= 0.6 is 0 Å². The van der Waals surface area contributed by atoms with E-state index in [9.17, 15) is 0 Å². The Hall–Kier alpha value is -0.287. The molecule has 0 unspecified atom stereocenters. The Labute approximate surface area is 131 Å². The SMILES string of the molecule is Cc1cc2c(C(C)C)cc(C(C)C)cc2[cH-]1.[CH3-].[Zr+2]. The van der Waals surface area contributed by atoms with E-state index in [1.165, 1.54) is 27.5 Å². The first-order valence-corrected chi connectivity index (χ1v) is 6.20. The minimum absolute atomic E-state index is 0. The van der Waals surface area contributed by atoms with Crippen molar-refractivity contribution >= 4 is 10.8 Å². The van der Waals surface area contributed by atoms with Gasteiger partial charge < -0.3 is 7.43 Å². The van der Waals surface area contributed by atoms with Gasteiger partial charge in [-0.1, -0.05) is 51.8 Å².